The molecule has 1 fully saturated rings. The van der Waals surface area contributed by atoms with Gasteiger partial charge in [0.05, 0.1) is 17.9 Å². The van der Waals surface area contributed by atoms with Gasteiger partial charge in [-0.2, -0.15) is 0 Å². The molecule has 0 bridgehead atoms. The molecule has 0 radical (unpaired) electrons. The van der Waals surface area contributed by atoms with Crippen LogP contribution < -0.4 is 4.74 Å². The minimum absolute atomic E-state index is 0.00385. The summed E-state index contributed by atoms with van der Waals surface area (Å²) >= 11 is 1.02. The maximum Gasteiger partial charge on any atom is 0.201 e. The van der Waals surface area contributed by atoms with Crippen LogP contribution in [0.2, 0.25) is 0 Å². The van der Waals surface area contributed by atoms with Crippen LogP contribution in [0.5, 0.6) is 5.75 Å². The lowest BCUT2D eigenvalue weighted by Crippen LogP contribution is -2.03. The predicted molar refractivity (Wildman–Crippen MR) is 104 cm³/mol. The van der Waals surface area contributed by atoms with Crippen molar-refractivity contribution >= 4 is 28.7 Å². The molecule has 1 aliphatic rings. The van der Waals surface area contributed by atoms with Crippen LogP contribution in [-0.2, 0) is 16.0 Å². The number of ether oxygens (including phenoxy) is 1. The number of Topliss-reactive ketones (excluding diaryl/α,β-unsaturated/α-hetero) is 1. The zero-order valence-electron chi connectivity index (χ0n) is 14.9. The van der Waals surface area contributed by atoms with Gasteiger partial charge >= 0.3 is 0 Å². The summed E-state index contributed by atoms with van der Waals surface area (Å²) in [5.41, 5.74) is 3.13. The number of rotatable bonds is 6. The van der Waals surface area contributed by atoms with Crippen LogP contribution in [-0.4, -0.2) is 22.5 Å². The van der Waals surface area contributed by atoms with Gasteiger partial charge in [0.25, 0.3) is 0 Å². The lowest BCUT2D eigenvalue weighted by Gasteiger charge is -2.08. The first kappa shape index (κ1) is 18.4. The highest BCUT2D eigenvalue weighted by atomic mass is 32.2. The Hall–Kier alpha value is -2.40. The maximum absolute atomic E-state index is 11.6. The minimum atomic E-state index is -0.101. The Morgan fingerprint density at radius 2 is 1.92 bits per heavy atom. The molecule has 1 aromatic heterocycles. The summed E-state index contributed by atoms with van der Waals surface area (Å²) in [7, 11) is 0. The van der Waals surface area contributed by atoms with E-state index in [4.69, 9.17) is 4.74 Å². The Morgan fingerprint density at radius 3 is 2.50 bits per heavy atom. The van der Waals surface area contributed by atoms with Crippen LogP contribution in [0, 0.1) is 0 Å². The fourth-order valence-corrected chi connectivity index (χ4v) is 3.38. The Balaban J connectivity index is 1.52. The molecule has 0 atom stereocenters. The SMILES string of the molecule is CC(C)c1ccc(CCOc2ccc(/C=C3\SC(=O)CC3=O)cc2)nc1. The van der Waals surface area contributed by atoms with Gasteiger partial charge in [0.2, 0.25) is 5.12 Å². The summed E-state index contributed by atoms with van der Waals surface area (Å²) in [5.74, 6) is 1.15. The molecular formula is C21H21NO3S. The number of pyridine rings is 1. The molecule has 0 spiro atoms. The normalized spacial score (nSPS) is 15.9. The number of hydrogen-bond acceptors (Lipinski definition) is 5. The second kappa shape index (κ2) is 8.32. The molecule has 0 unspecified atom stereocenters. The number of allylic oxidation sites excluding steroid dienone is 1. The summed E-state index contributed by atoms with van der Waals surface area (Å²) in [6.07, 6.45) is 4.43. The van der Waals surface area contributed by atoms with E-state index in [0.29, 0.717) is 17.4 Å². The fraction of sp³-hybridized carbons (Fsp3) is 0.286. The van der Waals surface area contributed by atoms with Crippen LogP contribution in [0.1, 0.15) is 43.0 Å². The number of hydrogen-bond donors (Lipinski definition) is 0. The maximum atomic E-state index is 11.6. The molecular weight excluding hydrogens is 346 g/mol. The van der Waals surface area contributed by atoms with E-state index in [9.17, 15) is 9.59 Å². The highest BCUT2D eigenvalue weighted by Gasteiger charge is 2.25. The number of aromatic nitrogens is 1. The van der Waals surface area contributed by atoms with E-state index in [2.05, 4.69) is 24.9 Å². The third-order valence-electron chi connectivity index (χ3n) is 4.12. The first-order chi connectivity index (χ1) is 12.5. The largest absolute Gasteiger partial charge is 0.493 e. The third-order valence-corrected chi connectivity index (χ3v) is 5.06. The Kier molecular flexibility index (Phi) is 5.89. The van der Waals surface area contributed by atoms with Gasteiger partial charge in [0.15, 0.2) is 5.78 Å². The number of carbonyl (C=O) groups excluding carboxylic acids is 2. The molecule has 3 rings (SSSR count). The Morgan fingerprint density at radius 1 is 1.15 bits per heavy atom. The van der Waals surface area contributed by atoms with Crippen LogP contribution in [0.15, 0.2) is 47.5 Å². The van der Waals surface area contributed by atoms with Crippen molar-refractivity contribution in [2.75, 3.05) is 6.61 Å². The molecule has 134 valence electrons. The summed E-state index contributed by atoms with van der Waals surface area (Å²) < 4.78 is 5.76. The van der Waals surface area contributed by atoms with E-state index >= 15 is 0 Å². The predicted octanol–water partition coefficient (Wildman–Crippen LogP) is 4.40. The van der Waals surface area contributed by atoms with Crippen molar-refractivity contribution in [1.82, 2.24) is 4.98 Å². The van der Waals surface area contributed by atoms with Gasteiger partial charge in [-0.25, -0.2) is 0 Å². The van der Waals surface area contributed by atoms with Crippen molar-refractivity contribution in [2.45, 2.75) is 32.6 Å². The highest BCUT2D eigenvalue weighted by Crippen LogP contribution is 2.30. The lowest BCUT2D eigenvalue weighted by molar-refractivity contribution is -0.119. The van der Waals surface area contributed by atoms with Crippen LogP contribution in [0.4, 0.5) is 0 Å². The van der Waals surface area contributed by atoms with Crippen LogP contribution in [0.3, 0.4) is 0 Å². The van der Waals surface area contributed by atoms with E-state index in [-0.39, 0.29) is 17.3 Å². The van der Waals surface area contributed by atoms with Crippen molar-refractivity contribution in [2.24, 2.45) is 0 Å². The van der Waals surface area contributed by atoms with Crippen molar-refractivity contribution < 1.29 is 14.3 Å². The summed E-state index contributed by atoms with van der Waals surface area (Å²) in [6, 6.07) is 11.7. The molecule has 2 heterocycles. The molecule has 0 saturated carbocycles. The Bertz CT molecular complexity index is 823. The number of thioether (sulfide) groups is 1. The molecule has 0 N–H and O–H groups in total. The molecule has 26 heavy (non-hydrogen) atoms. The van der Waals surface area contributed by atoms with Crippen LogP contribution in [0.25, 0.3) is 6.08 Å². The molecule has 1 saturated heterocycles. The lowest BCUT2D eigenvalue weighted by atomic mass is 10.1. The topological polar surface area (TPSA) is 56.3 Å². The van der Waals surface area contributed by atoms with Gasteiger partial charge in [-0.15, -0.1) is 0 Å². The van der Waals surface area contributed by atoms with Gasteiger partial charge in [0, 0.05) is 18.3 Å². The van der Waals surface area contributed by atoms with Gasteiger partial charge < -0.3 is 4.74 Å². The molecule has 4 nitrogen and oxygen atoms in total. The molecule has 0 aliphatic carbocycles. The monoisotopic (exact) mass is 367 g/mol. The minimum Gasteiger partial charge on any atom is -0.493 e. The van der Waals surface area contributed by atoms with Crippen LogP contribution >= 0.6 is 11.8 Å². The molecule has 2 aromatic rings. The third kappa shape index (κ3) is 4.82. The zero-order valence-corrected chi connectivity index (χ0v) is 15.7. The second-order valence-electron chi connectivity index (χ2n) is 6.49. The summed E-state index contributed by atoms with van der Waals surface area (Å²) in [5, 5.41) is -0.0868. The van der Waals surface area contributed by atoms with Gasteiger partial charge in [-0.3, -0.25) is 14.6 Å². The first-order valence-electron chi connectivity index (χ1n) is 8.64. The first-order valence-corrected chi connectivity index (χ1v) is 9.46. The van der Waals surface area contributed by atoms with E-state index in [0.717, 1.165) is 35.2 Å². The number of benzene rings is 1. The second-order valence-corrected chi connectivity index (χ2v) is 7.59. The van der Waals surface area contributed by atoms with Gasteiger partial charge in [-0.05, 0) is 53.1 Å². The number of carbonyl (C=O) groups is 2. The van der Waals surface area contributed by atoms with Gasteiger partial charge in [-0.1, -0.05) is 32.0 Å². The summed E-state index contributed by atoms with van der Waals surface area (Å²) in [4.78, 5) is 27.9. The molecule has 1 aliphatic heterocycles. The van der Waals surface area contributed by atoms with E-state index in [1.165, 1.54) is 5.56 Å². The number of nitrogens with zero attached hydrogens (tertiary/aromatic N) is 1. The van der Waals surface area contributed by atoms with E-state index in [1.54, 1.807) is 6.08 Å². The highest BCUT2D eigenvalue weighted by molar-refractivity contribution is 8.18. The Labute approximate surface area is 157 Å². The van der Waals surface area contributed by atoms with E-state index in [1.807, 2.05) is 36.5 Å². The average Bonchev–Trinajstić information content (AvgIpc) is 2.94. The summed E-state index contributed by atoms with van der Waals surface area (Å²) in [6.45, 7) is 4.86. The molecule has 1 aromatic carbocycles. The van der Waals surface area contributed by atoms with Crippen molar-refractivity contribution in [3.8, 4) is 5.75 Å². The fourth-order valence-electron chi connectivity index (χ4n) is 2.55. The standard InChI is InChI=1S/C21H21NO3S/c1-14(2)16-5-6-17(22-13-16)9-10-25-18-7-3-15(4-8-18)11-20-19(23)12-21(24)26-20/h3-8,11,13-14H,9-10,12H2,1-2H3/b20-11-. The quantitative estimate of drug-likeness (QED) is 0.559. The smallest absolute Gasteiger partial charge is 0.201 e. The average molecular weight is 367 g/mol. The number of ketones is 1. The van der Waals surface area contributed by atoms with Gasteiger partial charge in [0.1, 0.15) is 5.75 Å². The molecule has 0 amide bonds. The zero-order chi connectivity index (χ0) is 18.5. The van der Waals surface area contributed by atoms with E-state index < -0.39 is 0 Å². The molecule has 5 heteroatoms. The van der Waals surface area contributed by atoms with Crippen molar-refractivity contribution in [1.29, 1.82) is 0 Å². The van der Waals surface area contributed by atoms with Crippen molar-refractivity contribution in [3.05, 3.63) is 64.3 Å². The van der Waals surface area contributed by atoms with Crippen molar-refractivity contribution in [3.63, 3.8) is 0 Å².